The van der Waals surface area contributed by atoms with Gasteiger partial charge in [0.2, 0.25) is 0 Å². The van der Waals surface area contributed by atoms with Crippen molar-refractivity contribution in [2.24, 2.45) is 11.7 Å². The fourth-order valence-electron chi connectivity index (χ4n) is 2.78. The van der Waals surface area contributed by atoms with Gasteiger partial charge >= 0.3 is 0 Å². The number of halogens is 2. The molecule has 1 aromatic rings. The minimum absolute atomic E-state index is 0. The van der Waals surface area contributed by atoms with Crippen molar-refractivity contribution in [2.45, 2.75) is 44.8 Å². The van der Waals surface area contributed by atoms with E-state index in [1.807, 2.05) is 0 Å². The zero-order valence-electron chi connectivity index (χ0n) is 12.8. The Morgan fingerprint density at radius 3 is 2.86 bits per heavy atom. The van der Waals surface area contributed by atoms with Crippen molar-refractivity contribution in [3.63, 3.8) is 0 Å². The first-order valence-corrected chi connectivity index (χ1v) is 7.53. The van der Waals surface area contributed by atoms with Gasteiger partial charge in [-0.05, 0) is 44.4 Å². The lowest BCUT2D eigenvalue weighted by molar-refractivity contribution is -0.128. The smallest absolute Gasteiger partial charge is 0.261 e. The van der Waals surface area contributed by atoms with Gasteiger partial charge in [0.1, 0.15) is 11.6 Å². The molecule has 1 amide bonds. The SMILES string of the molecule is CC(Oc1cccc(F)c1)C(=O)NC1CCCCC1CN.Cl. The molecule has 3 N–H and O–H groups in total. The van der Waals surface area contributed by atoms with Crippen molar-refractivity contribution in [1.82, 2.24) is 5.32 Å². The third-order valence-electron chi connectivity index (χ3n) is 4.02. The third kappa shape index (κ3) is 5.14. The Hall–Kier alpha value is -1.33. The lowest BCUT2D eigenvalue weighted by Gasteiger charge is -2.32. The normalized spacial score (nSPS) is 22.3. The van der Waals surface area contributed by atoms with E-state index in [9.17, 15) is 9.18 Å². The van der Waals surface area contributed by atoms with E-state index < -0.39 is 6.10 Å². The molecular formula is C16H24ClFN2O2. The number of carbonyl (C=O) groups excluding carboxylic acids is 1. The molecule has 0 bridgehead atoms. The molecule has 3 unspecified atom stereocenters. The van der Waals surface area contributed by atoms with Gasteiger partial charge in [-0.25, -0.2) is 4.39 Å². The van der Waals surface area contributed by atoms with Crippen molar-refractivity contribution in [3.8, 4) is 5.75 Å². The first-order valence-electron chi connectivity index (χ1n) is 7.53. The molecule has 0 aliphatic heterocycles. The van der Waals surface area contributed by atoms with Crippen molar-refractivity contribution >= 4 is 18.3 Å². The van der Waals surface area contributed by atoms with Crippen LogP contribution in [0, 0.1) is 11.7 Å². The minimum Gasteiger partial charge on any atom is -0.481 e. The predicted molar refractivity (Wildman–Crippen MR) is 86.7 cm³/mol. The monoisotopic (exact) mass is 330 g/mol. The quantitative estimate of drug-likeness (QED) is 0.872. The van der Waals surface area contributed by atoms with Crippen LogP contribution in [0.2, 0.25) is 0 Å². The predicted octanol–water partition coefficient (Wildman–Crippen LogP) is 2.65. The average molecular weight is 331 g/mol. The maximum absolute atomic E-state index is 13.1. The topological polar surface area (TPSA) is 64.3 Å². The van der Waals surface area contributed by atoms with Gasteiger partial charge in [0.15, 0.2) is 6.10 Å². The molecule has 1 fully saturated rings. The number of rotatable bonds is 5. The summed E-state index contributed by atoms with van der Waals surface area (Å²) in [5.74, 6) is 0.140. The van der Waals surface area contributed by atoms with Crippen molar-refractivity contribution in [3.05, 3.63) is 30.1 Å². The Morgan fingerprint density at radius 2 is 2.18 bits per heavy atom. The van der Waals surface area contributed by atoms with Gasteiger partial charge in [0, 0.05) is 12.1 Å². The Balaban J connectivity index is 0.00000242. The summed E-state index contributed by atoms with van der Waals surface area (Å²) in [4.78, 5) is 12.2. The van der Waals surface area contributed by atoms with Crippen LogP contribution in [-0.4, -0.2) is 24.6 Å². The molecule has 124 valence electrons. The van der Waals surface area contributed by atoms with Gasteiger partial charge in [0.05, 0.1) is 0 Å². The molecule has 4 nitrogen and oxygen atoms in total. The fraction of sp³-hybridized carbons (Fsp3) is 0.562. The first-order chi connectivity index (χ1) is 10.1. The van der Waals surface area contributed by atoms with Crippen LogP contribution < -0.4 is 15.8 Å². The maximum Gasteiger partial charge on any atom is 0.261 e. The molecule has 0 heterocycles. The van der Waals surface area contributed by atoms with Crippen molar-refractivity contribution in [1.29, 1.82) is 0 Å². The van der Waals surface area contributed by atoms with E-state index in [4.69, 9.17) is 10.5 Å². The highest BCUT2D eigenvalue weighted by molar-refractivity contribution is 5.85. The van der Waals surface area contributed by atoms with Gasteiger partial charge in [-0.15, -0.1) is 12.4 Å². The van der Waals surface area contributed by atoms with Crippen LogP contribution in [-0.2, 0) is 4.79 Å². The summed E-state index contributed by atoms with van der Waals surface area (Å²) < 4.78 is 18.6. The first kappa shape index (κ1) is 18.7. The zero-order chi connectivity index (χ0) is 15.2. The second-order valence-electron chi connectivity index (χ2n) is 5.61. The van der Waals surface area contributed by atoms with Crippen LogP contribution >= 0.6 is 12.4 Å². The zero-order valence-corrected chi connectivity index (χ0v) is 13.6. The molecule has 0 spiro atoms. The molecule has 1 aliphatic rings. The van der Waals surface area contributed by atoms with Crippen LogP contribution in [0.4, 0.5) is 4.39 Å². The number of hydrogen-bond acceptors (Lipinski definition) is 3. The largest absolute Gasteiger partial charge is 0.481 e. The number of hydrogen-bond donors (Lipinski definition) is 2. The van der Waals surface area contributed by atoms with Gasteiger partial charge < -0.3 is 15.8 Å². The lowest BCUT2D eigenvalue weighted by atomic mass is 9.84. The Labute approximate surface area is 137 Å². The second-order valence-corrected chi connectivity index (χ2v) is 5.61. The van der Waals surface area contributed by atoms with Gasteiger partial charge in [0.25, 0.3) is 5.91 Å². The number of benzene rings is 1. The van der Waals surface area contributed by atoms with Gasteiger partial charge in [-0.1, -0.05) is 18.9 Å². The van der Waals surface area contributed by atoms with E-state index in [0.29, 0.717) is 18.2 Å². The summed E-state index contributed by atoms with van der Waals surface area (Å²) in [5, 5.41) is 3.02. The summed E-state index contributed by atoms with van der Waals surface area (Å²) in [6, 6.07) is 5.92. The fourth-order valence-corrected chi connectivity index (χ4v) is 2.78. The Kier molecular flexibility index (Phi) is 7.62. The molecule has 0 saturated heterocycles. The molecule has 0 aromatic heterocycles. The molecule has 0 radical (unpaired) electrons. The number of carbonyl (C=O) groups is 1. The van der Waals surface area contributed by atoms with E-state index in [2.05, 4.69) is 5.32 Å². The van der Waals surface area contributed by atoms with Gasteiger partial charge in [-0.3, -0.25) is 4.79 Å². The van der Waals surface area contributed by atoms with Gasteiger partial charge in [-0.2, -0.15) is 0 Å². The highest BCUT2D eigenvalue weighted by Crippen LogP contribution is 2.23. The third-order valence-corrected chi connectivity index (χ3v) is 4.02. The summed E-state index contributed by atoms with van der Waals surface area (Å²) in [6.45, 7) is 2.25. The molecule has 1 saturated carbocycles. The number of ether oxygens (including phenoxy) is 1. The minimum atomic E-state index is -0.660. The summed E-state index contributed by atoms with van der Waals surface area (Å²) in [6.07, 6.45) is 3.64. The highest BCUT2D eigenvalue weighted by Gasteiger charge is 2.27. The van der Waals surface area contributed by atoms with Crippen LogP contribution in [0.3, 0.4) is 0 Å². The van der Waals surface area contributed by atoms with Crippen LogP contribution in [0.1, 0.15) is 32.6 Å². The lowest BCUT2D eigenvalue weighted by Crippen LogP contribution is -2.48. The summed E-state index contributed by atoms with van der Waals surface area (Å²) in [7, 11) is 0. The van der Waals surface area contributed by atoms with Crippen molar-refractivity contribution < 1.29 is 13.9 Å². The standard InChI is InChI=1S/C16H23FN2O2.ClH/c1-11(21-14-7-4-6-13(17)9-14)16(20)19-15-8-3-2-5-12(15)10-18;/h4,6-7,9,11-12,15H,2-3,5,8,10,18H2,1H3,(H,19,20);1H. The van der Waals surface area contributed by atoms with Crippen LogP contribution in [0.25, 0.3) is 0 Å². The molecule has 6 heteroatoms. The van der Waals surface area contributed by atoms with Crippen LogP contribution in [0.15, 0.2) is 24.3 Å². The van der Waals surface area contributed by atoms with Crippen LogP contribution in [0.5, 0.6) is 5.75 Å². The highest BCUT2D eigenvalue weighted by atomic mass is 35.5. The Bertz CT molecular complexity index is 487. The second kappa shape index (κ2) is 8.96. The number of nitrogens with two attached hydrogens (primary N) is 1. The molecular weight excluding hydrogens is 307 g/mol. The van der Waals surface area contributed by atoms with E-state index in [1.54, 1.807) is 19.1 Å². The Morgan fingerprint density at radius 1 is 1.45 bits per heavy atom. The van der Waals surface area contributed by atoms with E-state index in [0.717, 1.165) is 19.3 Å². The van der Waals surface area contributed by atoms with E-state index >= 15 is 0 Å². The summed E-state index contributed by atoms with van der Waals surface area (Å²) >= 11 is 0. The maximum atomic E-state index is 13.1. The molecule has 2 rings (SSSR count). The number of amides is 1. The summed E-state index contributed by atoms with van der Waals surface area (Å²) in [5.41, 5.74) is 5.76. The average Bonchev–Trinajstić information content (AvgIpc) is 2.47. The molecule has 1 aromatic carbocycles. The molecule has 1 aliphatic carbocycles. The van der Waals surface area contributed by atoms with Crippen molar-refractivity contribution in [2.75, 3.05) is 6.54 Å². The van der Waals surface area contributed by atoms with E-state index in [1.165, 1.54) is 18.6 Å². The number of nitrogens with one attached hydrogen (secondary N) is 1. The molecule has 22 heavy (non-hydrogen) atoms. The van der Waals surface area contributed by atoms with E-state index in [-0.39, 0.29) is 30.2 Å². The molecule has 3 atom stereocenters.